The molecule has 1 heterocycles. The smallest absolute Gasteiger partial charge is 0.0807 e. The van der Waals surface area contributed by atoms with Crippen molar-refractivity contribution in [2.75, 3.05) is 20.6 Å². The Bertz CT molecular complexity index is 357. The molecule has 0 spiro atoms. The Morgan fingerprint density at radius 3 is 3.00 bits per heavy atom. The van der Waals surface area contributed by atoms with Crippen LogP contribution in [0.5, 0.6) is 0 Å². The van der Waals surface area contributed by atoms with E-state index in [4.69, 9.17) is 0 Å². The molecule has 90 valence electrons. The fraction of sp³-hybridized carbons (Fsp3) is 0.692. The summed E-state index contributed by atoms with van der Waals surface area (Å²) >= 11 is 0. The highest BCUT2D eigenvalue weighted by Crippen LogP contribution is 2.31. The number of aromatic nitrogens is 1. The second kappa shape index (κ2) is 4.60. The molecule has 0 saturated heterocycles. The minimum Gasteiger partial charge on any atom is -0.388 e. The lowest BCUT2D eigenvalue weighted by atomic mass is 9.95. The van der Waals surface area contributed by atoms with Crippen LogP contribution in [0, 0.1) is 0 Å². The molecule has 1 aliphatic rings. The second-order valence-electron chi connectivity index (χ2n) is 5.14. The Balaban J connectivity index is 2.22. The van der Waals surface area contributed by atoms with E-state index >= 15 is 0 Å². The minimum atomic E-state index is -0.239. The first kappa shape index (κ1) is 11.7. The second-order valence-corrected chi connectivity index (χ2v) is 5.14. The number of rotatable bonds is 3. The lowest BCUT2D eigenvalue weighted by molar-refractivity contribution is 0.155. The molecule has 3 heteroatoms. The summed E-state index contributed by atoms with van der Waals surface area (Å²) in [5, 5.41) is 9.91. The molecule has 1 aliphatic carbocycles. The van der Waals surface area contributed by atoms with Crippen LogP contribution < -0.4 is 0 Å². The Hall–Kier alpha value is -0.800. The SMILES string of the molecule is CC(CN(C)C)n1ccc2c1CCCC2O. The van der Waals surface area contributed by atoms with Crippen LogP contribution in [-0.2, 0) is 6.42 Å². The highest BCUT2D eigenvalue weighted by Gasteiger charge is 2.22. The zero-order valence-electron chi connectivity index (χ0n) is 10.5. The summed E-state index contributed by atoms with van der Waals surface area (Å²) in [6, 6.07) is 2.56. The van der Waals surface area contributed by atoms with Crippen molar-refractivity contribution < 1.29 is 5.11 Å². The molecule has 0 saturated carbocycles. The molecule has 1 N–H and O–H groups in total. The fourth-order valence-electron chi connectivity index (χ4n) is 2.72. The van der Waals surface area contributed by atoms with Crippen LogP contribution in [-0.4, -0.2) is 35.2 Å². The Morgan fingerprint density at radius 1 is 1.56 bits per heavy atom. The van der Waals surface area contributed by atoms with Gasteiger partial charge in [0.05, 0.1) is 6.10 Å². The Kier molecular flexibility index (Phi) is 3.36. The predicted molar refractivity (Wildman–Crippen MR) is 65.6 cm³/mol. The van der Waals surface area contributed by atoms with E-state index in [0.717, 1.165) is 31.4 Å². The van der Waals surface area contributed by atoms with E-state index in [1.807, 2.05) is 0 Å². The molecule has 0 aliphatic heterocycles. The van der Waals surface area contributed by atoms with Crippen molar-refractivity contribution in [3.63, 3.8) is 0 Å². The first-order valence-electron chi connectivity index (χ1n) is 6.12. The quantitative estimate of drug-likeness (QED) is 0.847. The van der Waals surface area contributed by atoms with Gasteiger partial charge < -0.3 is 14.6 Å². The zero-order chi connectivity index (χ0) is 11.7. The number of aliphatic hydroxyl groups is 1. The van der Waals surface area contributed by atoms with Gasteiger partial charge in [0, 0.05) is 30.0 Å². The Labute approximate surface area is 97.7 Å². The van der Waals surface area contributed by atoms with Crippen molar-refractivity contribution in [2.24, 2.45) is 0 Å². The van der Waals surface area contributed by atoms with Crippen LogP contribution in [0.1, 0.15) is 43.2 Å². The van der Waals surface area contributed by atoms with E-state index in [0.29, 0.717) is 6.04 Å². The van der Waals surface area contributed by atoms with Gasteiger partial charge in [0.15, 0.2) is 0 Å². The van der Waals surface area contributed by atoms with Crippen LogP contribution in [0.3, 0.4) is 0 Å². The molecule has 1 aromatic rings. The van der Waals surface area contributed by atoms with E-state index in [-0.39, 0.29) is 6.10 Å². The number of hydrogen-bond acceptors (Lipinski definition) is 2. The summed E-state index contributed by atoms with van der Waals surface area (Å²) in [6.07, 6.45) is 5.02. The highest BCUT2D eigenvalue weighted by atomic mass is 16.3. The third-order valence-corrected chi connectivity index (χ3v) is 3.41. The van der Waals surface area contributed by atoms with Gasteiger partial charge >= 0.3 is 0 Å². The Morgan fingerprint density at radius 2 is 2.31 bits per heavy atom. The number of hydrogen-bond donors (Lipinski definition) is 1. The average molecular weight is 222 g/mol. The van der Waals surface area contributed by atoms with E-state index in [2.05, 4.69) is 42.7 Å². The molecule has 0 radical (unpaired) electrons. The molecule has 16 heavy (non-hydrogen) atoms. The lowest BCUT2D eigenvalue weighted by Crippen LogP contribution is -2.24. The zero-order valence-corrected chi connectivity index (χ0v) is 10.5. The van der Waals surface area contributed by atoms with Gasteiger partial charge in [0.1, 0.15) is 0 Å². The molecule has 1 aromatic heterocycles. The highest BCUT2D eigenvalue weighted by molar-refractivity contribution is 5.27. The van der Waals surface area contributed by atoms with Gasteiger partial charge in [-0.25, -0.2) is 0 Å². The molecule has 0 bridgehead atoms. The van der Waals surface area contributed by atoms with Crippen LogP contribution in [0.4, 0.5) is 0 Å². The van der Waals surface area contributed by atoms with Gasteiger partial charge in [-0.3, -0.25) is 0 Å². The number of aliphatic hydroxyl groups excluding tert-OH is 1. The van der Waals surface area contributed by atoms with Crippen molar-refractivity contribution >= 4 is 0 Å². The predicted octanol–water partition coefficient (Wildman–Crippen LogP) is 1.98. The van der Waals surface area contributed by atoms with Crippen molar-refractivity contribution in [1.29, 1.82) is 0 Å². The summed E-state index contributed by atoms with van der Waals surface area (Å²) < 4.78 is 2.33. The van der Waals surface area contributed by atoms with Gasteiger partial charge in [-0.15, -0.1) is 0 Å². The van der Waals surface area contributed by atoms with Crippen LogP contribution in [0.15, 0.2) is 12.3 Å². The van der Waals surface area contributed by atoms with Crippen molar-refractivity contribution in [1.82, 2.24) is 9.47 Å². The summed E-state index contributed by atoms with van der Waals surface area (Å²) in [7, 11) is 4.20. The number of nitrogens with zero attached hydrogens (tertiary/aromatic N) is 2. The molecular weight excluding hydrogens is 200 g/mol. The van der Waals surface area contributed by atoms with Gasteiger partial charge in [0.2, 0.25) is 0 Å². The third-order valence-electron chi connectivity index (χ3n) is 3.41. The van der Waals surface area contributed by atoms with E-state index in [1.165, 1.54) is 5.69 Å². The van der Waals surface area contributed by atoms with Gasteiger partial charge in [-0.1, -0.05) is 0 Å². The normalized spacial score (nSPS) is 22.2. The lowest BCUT2D eigenvalue weighted by Gasteiger charge is -2.25. The van der Waals surface area contributed by atoms with Crippen LogP contribution >= 0.6 is 0 Å². The largest absolute Gasteiger partial charge is 0.388 e. The average Bonchev–Trinajstić information content (AvgIpc) is 2.61. The van der Waals surface area contributed by atoms with Gasteiger partial charge in [-0.05, 0) is 46.3 Å². The number of fused-ring (bicyclic) bond motifs is 1. The maximum absolute atomic E-state index is 9.91. The molecule has 0 aromatic carbocycles. The van der Waals surface area contributed by atoms with Crippen LogP contribution in [0.2, 0.25) is 0 Å². The minimum absolute atomic E-state index is 0.239. The van der Waals surface area contributed by atoms with Crippen molar-refractivity contribution in [2.45, 2.75) is 38.3 Å². The van der Waals surface area contributed by atoms with Crippen LogP contribution in [0.25, 0.3) is 0 Å². The monoisotopic (exact) mass is 222 g/mol. The van der Waals surface area contributed by atoms with E-state index in [9.17, 15) is 5.11 Å². The summed E-state index contributed by atoms with van der Waals surface area (Å²) in [5.74, 6) is 0. The molecular formula is C13H22N2O. The first-order chi connectivity index (χ1) is 7.59. The molecule has 2 rings (SSSR count). The summed E-state index contributed by atoms with van der Waals surface area (Å²) in [6.45, 7) is 3.28. The summed E-state index contributed by atoms with van der Waals surface area (Å²) in [4.78, 5) is 2.20. The van der Waals surface area contributed by atoms with E-state index < -0.39 is 0 Å². The van der Waals surface area contributed by atoms with Crippen molar-refractivity contribution in [3.8, 4) is 0 Å². The molecule has 0 fully saturated rings. The number of likely N-dealkylation sites (N-methyl/N-ethyl adjacent to an activating group) is 1. The first-order valence-corrected chi connectivity index (χ1v) is 6.12. The fourth-order valence-corrected chi connectivity index (χ4v) is 2.72. The molecule has 2 atom stereocenters. The van der Waals surface area contributed by atoms with E-state index in [1.54, 1.807) is 0 Å². The molecule has 2 unspecified atom stereocenters. The van der Waals surface area contributed by atoms with Gasteiger partial charge in [-0.2, -0.15) is 0 Å². The maximum Gasteiger partial charge on any atom is 0.0807 e. The molecule has 0 amide bonds. The van der Waals surface area contributed by atoms with Crippen molar-refractivity contribution in [3.05, 3.63) is 23.5 Å². The molecule has 3 nitrogen and oxygen atoms in total. The third kappa shape index (κ3) is 2.15. The topological polar surface area (TPSA) is 28.4 Å². The van der Waals surface area contributed by atoms with Gasteiger partial charge in [0.25, 0.3) is 0 Å². The maximum atomic E-state index is 9.91. The standard InChI is InChI=1S/C13H22N2O/c1-10(9-14(2)3)15-8-7-11-12(15)5-4-6-13(11)16/h7-8,10,13,16H,4-6,9H2,1-3H3. The summed E-state index contributed by atoms with van der Waals surface area (Å²) in [5.41, 5.74) is 2.49.